The molecule has 4 nitrogen and oxygen atoms in total. The number of hydrogen-bond donors (Lipinski definition) is 2. The highest BCUT2D eigenvalue weighted by Gasteiger charge is 2.15. The Bertz CT molecular complexity index is 380. The molecule has 1 rings (SSSR count). The van der Waals surface area contributed by atoms with E-state index in [2.05, 4.69) is 48.3 Å². The number of nitrogens with zero attached hydrogens (tertiary/aromatic N) is 2. The minimum Gasteiger partial charge on any atom is -0.366 e. The van der Waals surface area contributed by atoms with Gasteiger partial charge in [0.1, 0.15) is 5.02 Å². The van der Waals surface area contributed by atoms with E-state index in [0.717, 1.165) is 31.6 Å². The number of anilines is 2. The van der Waals surface area contributed by atoms with Crippen molar-refractivity contribution >= 4 is 23.4 Å². The second kappa shape index (κ2) is 8.20. The molecule has 0 aliphatic rings. The van der Waals surface area contributed by atoms with E-state index in [9.17, 15) is 0 Å². The van der Waals surface area contributed by atoms with Gasteiger partial charge in [-0.2, -0.15) is 4.98 Å². The molecular formula is C14H25ClN4. The summed E-state index contributed by atoms with van der Waals surface area (Å²) in [5, 5.41) is 7.15. The fraction of sp³-hybridized carbons (Fsp3) is 0.714. The normalized spacial score (nSPS) is 12.5. The van der Waals surface area contributed by atoms with Crippen LogP contribution in [0.5, 0.6) is 0 Å². The van der Waals surface area contributed by atoms with Gasteiger partial charge in [0.05, 0.1) is 6.20 Å². The molecule has 0 fully saturated rings. The van der Waals surface area contributed by atoms with E-state index >= 15 is 0 Å². The van der Waals surface area contributed by atoms with Gasteiger partial charge in [0, 0.05) is 12.6 Å². The molecule has 0 saturated carbocycles. The lowest BCUT2D eigenvalue weighted by Crippen LogP contribution is -2.26. The van der Waals surface area contributed by atoms with Gasteiger partial charge in [-0.3, -0.25) is 0 Å². The first-order chi connectivity index (χ1) is 9.12. The summed E-state index contributed by atoms with van der Waals surface area (Å²) in [6, 6.07) is 0.349. The molecule has 0 bridgehead atoms. The Hall–Kier alpha value is -1.03. The maximum atomic E-state index is 6.15. The van der Waals surface area contributed by atoms with E-state index in [1.165, 1.54) is 0 Å². The van der Waals surface area contributed by atoms with Crippen LogP contribution >= 0.6 is 11.6 Å². The third kappa shape index (κ3) is 4.86. The van der Waals surface area contributed by atoms with Crippen molar-refractivity contribution < 1.29 is 0 Å². The molecule has 0 aromatic carbocycles. The second-order valence-electron chi connectivity index (χ2n) is 4.83. The lowest BCUT2D eigenvalue weighted by molar-refractivity contribution is 0.437. The van der Waals surface area contributed by atoms with Crippen molar-refractivity contribution in [3.05, 3.63) is 11.2 Å². The zero-order valence-corrected chi connectivity index (χ0v) is 13.1. The average molecular weight is 285 g/mol. The highest BCUT2D eigenvalue weighted by atomic mass is 35.5. The Balaban J connectivity index is 2.75. The molecule has 1 unspecified atom stereocenters. The van der Waals surface area contributed by atoms with Gasteiger partial charge in [-0.1, -0.05) is 45.2 Å². The van der Waals surface area contributed by atoms with Gasteiger partial charge in [-0.15, -0.1) is 0 Å². The van der Waals surface area contributed by atoms with E-state index < -0.39 is 0 Å². The molecule has 1 heterocycles. The molecule has 1 aromatic heterocycles. The van der Waals surface area contributed by atoms with Crippen molar-refractivity contribution in [2.75, 3.05) is 17.2 Å². The summed E-state index contributed by atoms with van der Waals surface area (Å²) in [6.07, 6.45) is 4.98. The molecule has 19 heavy (non-hydrogen) atoms. The quantitative estimate of drug-likeness (QED) is 0.751. The van der Waals surface area contributed by atoms with Crippen molar-refractivity contribution in [3.8, 4) is 0 Å². The van der Waals surface area contributed by atoms with Crippen LogP contribution in [0.4, 0.5) is 11.8 Å². The van der Waals surface area contributed by atoms with Crippen LogP contribution < -0.4 is 10.6 Å². The first-order valence-electron chi connectivity index (χ1n) is 7.15. The summed E-state index contributed by atoms with van der Waals surface area (Å²) in [7, 11) is 0. The molecule has 0 radical (unpaired) electrons. The Morgan fingerprint density at radius 1 is 1.26 bits per heavy atom. The lowest BCUT2D eigenvalue weighted by Gasteiger charge is -2.23. The van der Waals surface area contributed by atoms with Crippen molar-refractivity contribution in [1.82, 2.24) is 9.97 Å². The van der Waals surface area contributed by atoms with Crippen molar-refractivity contribution in [2.45, 2.75) is 53.0 Å². The van der Waals surface area contributed by atoms with E-state index in [1.54, 1.807) is 6.20 Å². The van der Waals surface area contributed by atoms with Gasteiger partial charge in [0.15, 0.2) is 5.82 Å². The van der Waals surface area contributed by atoms with E-state index in [-0.39, 0.29) is 0 Å². The van der Waals surface area contributed by atoms with Crippen LogP contribution in [0.25, 0.3) is 0 Å². The fourth-order valence-corrected chi connectivity index (χ4v) is 2.27. The SMILES string of the molecule is CCCNc1ncc(Cl)c(NC(C)C(CC)CC)n1. The maximum absolute atomic E-state index is 6.15. The van der Waals surface area contributed by atoms with Crippen LogP contribution in [0.2, 0.25) is 5.02 Å². The molecule has 0 amide bonds. The number of hydrogen-bond acceptors (Lipinski definition) is 4. The predicted octanol–water partition coefficient (Wildman–Crippen LogP) is 4.19. The highest BCUT2D eigenvalue weighted by Crippen LogP contribution is 2.23. The summed E-state index contributed by atoms with van der Waals surface area (Å²) in [6.45, 7) is 9.57. The fourth-order valence-electron chi connectivity index (χ4n) is 2.12. The molecule has 0 aliphatic heterocycles. The molecule has 0 spiro atoms. The molecule has 1 atom stereocenters. The summed E-state index contributed by atoms with van der Waals surface area (Å²) in [4.78, 5) is 8.61. The van der Waals surface area contributed by atoms with Gasteiger partial charge < -0.3 is 10.6 Å². The van der Waals surface area contributed by atoms with Crippen molar-refractivity contribution in [2.24, 2.45) is 5.92 Å². The van der Waals surface area contributed by atoms with Crippen LogP contribution in [0.3, 0.4) is 0 Å². The first-order valence-corrected chi connectivity index (χ1v) is 7.53. The minimum atomic E-state index is 0.349. The van der Waals surface area contributed by atoms with Crippen LogP contribution in [-0.2, 0) is 0 Å². The monoisotopic (exact) mass is 284 g/mol. The molecule has 0 saturated heterocycles. The lowest BCUT2D eigenvalue weighted by atomic mass is 9.95. The largest absolute Gasteiger partial charge is 0.366 e. The van der Waals surface area contributed by atoms with E-state index in [0.29, 0.717) is 22.9 Å². The smallest absolute Gasteiger partial charge is 0.224 e. The highest BCUT2D eigenvalue weighted by molar-refractivity contribution is 6.32. The summed E-state index contributed by atoms with van der Waals surface area (Å²) in [5.74, 6) is 1.97. The molecule has 0 aliphatic carbocycles. The number of rotatable bonds is 8. The Labute approximate surface area is 121 Å². The third-order valence-corrected chi connectivity index (χ3v) is 3.67. The zero-order valence-electron chi connectivity index (χ0n) is 12.3. The minimum absolute atomic E-state index is 0.349. The Morgan fingerprint density at radius 2 is 1.95 bits per heavy atom. The van der Waals surface area contributed by atoms with Gasteiger partial charge in [0.25, 0.3) is 0 Å². The molecular weight excluding hydrogens is 260 g/mol. The van der Waals surface area contributed by atoms with Crippen LogP contribution in [0.15, 0.2) is 6.20 Å². The van der Waals surface area contributed by atoms with Gasteiger partial charge in [-0.05, 0) is 19.3 Å². The zero-order chi connectivity index (χ0) is 14.3. The molecule has 5 heteroatoms. The standard InChI is InChI=1S/C14H25ClN4/c1-5-8-16-14-17-9-12(15)13(19-14)18-10(4)11(6-2)7-3/h9-11H,5-8H2,1-4H3,(H2,16,17,18,19). The van der Waals surface area contributed by atoms with Crippen LogP contribution in [0, 0.1) is 5.92 Å². The van der Waals surface area contributed by atoms with Gasteiger partial charge in [-0.25, -0.2) is 4.98 Å². The number of aromatic nitrogens is 2. The molecule has 108 valence electrons. The first kappa shape index (κ1) is 16.0. The van der Waals surface area contributed by atoms with Gasteiger partial charge in [0.2, 0.25) is 5.95 Å². The number of nitrogens with one attached hydrogen (secondary N) is 2. The van der Waals surface area contributed by atoms with Crippen LogP contribution in [-0.4, -0.2) is 22.6 Å². The Morgan fingerprint density at radius 3 is 2.53 bits per heavy atom. The predicted molar refractivity (Wildman–Crippen MR) is 83.0 cm³/mol. The van der Waals surface area contributed by atoms with Crippen molar-refractivity contribution in [1.29, 1.82) is 0 Å². The summed E-state index contributed by atoms with van der Waals surface area (Å²) < 4.78 is 0. The maximum Gasteiger partial charge on any atom is 0.224 e. The summed E-state index contributed by atoms with van der Waals surface area (Å²) in [5.41, 5.74) is 0. The molecule has 1 aromatic rings. The number of halogens is 1. The summed E-state index contributed by atoms with van der Waals surface area (Å²) >= 11 is 6.15. The van der Waals surface area contributed by atoms with Crippen molar-refractivity contribution in [3.63, 3.8) is 0 Å². The molecule has 2 N–H and O–H groups in total. The van der Waals surface area contributed by atoms with Gasteiger partial charge >= 0.3 is 0 Å². The Kier molecular flexibility index (Phi) is 6.92. The van der Waals surface area contributed by atoms with E-state index in [1.807, 2.05) is 0 Å². The second-order valence-corrected chi connectivity index (χ2v) is 5.23. The topological polar surface area (TPSA) is 49.8 Å². The third-order valence-electron chi connectivity index (χ3n) is 3.40. The van der Waals surface area contributed by atoms with Crippen LogP contribution in [0.1, 0.15) is 47.0 Å². The average Bonchev–Trinajstić information content (AvgIpc) is 2.41. The van der Waals surface area contributed by atoms with E-state index in [4.69, 9.17) is 11.6 Å².